The predicted octanol–water partition coefficient (Wildman–Crippen LogP) is 2.64. The van der Waals surface area contributed by atoms with Crippen LogP contribution in [0.3, 0.4) is 0 Å². The number of hydrogen-bond acceptors (Lipinski definition) is 6. The zero-order chi connectivity index (χ0) is 21.4. The van der Waals surface area contributed by atoms with Crippen LogP contribution in [0.4, 0.5) is 0 Å². The van der Waals surface area contributed by atoms with Crippen LogP contribution in [0.25, 0.3) is 0 Å². The van der Waals surface area contributed by atoms with Crippen LogP contribution in [0, 0.1) is 0 Å². The fourth-order valence-corrected chi connectivity index (χ4v) is 3.78. The summed E-state index contributed by atoms with van der Waals surface area (Å²) in [5.41, 5.74) is 1.77. The van der Waals surface area contributed by atoms with E-state index in [0.717, 1.165) is 16.9 Å². The molecule has 0 fully saturated rings. The summed E-state index contributed by atoms with van der Waals surface area (Å²) in [5, 5.41) is 20.3. The molecule has 2 aromatic rings. The third-order valence-corrected chi connectivity index (χ3v) is 5.80. The Labute approximate surface area is 172 Å². The molecule has 3 N–H and O–H groups in total. The van der Waals surface area contributed by atoms with Crippen molar-refractivity contribution >= 4 is 10.1 Å². The van der Waals surface area contributed by atoms with Gasteiger partial charge in [0.2, 0.25) is 0 Å². The van der Waals surface area contributed by atoms with E-state index in [4.69, 9.17) is 9.29 Å². The largest absolute Gasteiger partial charge is 0.497 e. The molecule has 160 valence electrons. The highest BCUT2D eigenvalue weighted by Crippen LogP contribution is 2.28. The monoisotopic (exact) mass is 423 g/mol. The molecule has 8 heteroatoms. The minimum absolute atomic E-state index is 0.0195. The van der Waals surface area contributed by atoms with E-state index in [1.165, 1.54) is 12.1 Å². The van der Waals surface area contributed by atoms with Gasteiger partial charge in [-0.1, -0.05) is 31.2 Å². The second-order valence-electron chi connectivity index (χ2n) is 6.87. The molecule has 0 aliphatic carbocycles. The smallest absolute Gasteiger partial charge is 0.294 e. The lowest BCUT2D eigenvalue weighted by atomic mass is 9.93. The number of nitrogens with zero attached hydrogens (tertiary/aromatic N) is 1. The van der Waals surface area contributed by atoms with E-state index in [9.17, 15) is 18.6 Å². The van der Waals surface area contributed by atoms with Gasteiger partial charge in [0, 0.05) is 25.6 Å². The van der Waals surface area contributed by atoms with Crippen molar-refractivity contribution < 1.29 is 27.9 Å². The highest BCUT2D eigenvalue weighted by Gasteiger charge is 2.26. The summed E-state index contributed by atoms with van der Waals surface area (Å²) in [4.78, 5) is 1.71. The Balaban J connectivity index is 2.22. The van der Waals surface area contributed by atoms with Crippen LogP contribution in [0.15, 0.2) is 53.4 Å². The second kappa shape index (κ2) is 10.7. The quantitative estimate of drug-likeness (QED) is 0.377. The van der Waals surface area contributed by atoms with Gasteiger partial charge >= 0.3 is 0 Å². The highest BCUT2D eigenvalue weighted by atomic mass is 32.2. The minimum Gasteiger partial charge on any atom is -0.497 e. The van der Waals surface area contributed by atoms with Crippen LogP contribution in [0.1, 0.15) is 36.8 Å². The van der Waals surface area contributed by atoms with E-state index in [0.29, 0.717) is 25.9 Å². The summed E-state index contributed by atoms with van der Waals surface area (Å²) >= 11 is 0. The Morgan fingerprint density at radius 3 is 2.17 bits per heavy atom. The first-order valence-electron chi connectivity index (χ1n) is 9.53. The zero-order valence-electron chi connectivity index (χ0n) is 16.7. The van der Waals surface area contributed by atoms with E-state index >= 15 is 0 Å². The molecule has 2 rings (SSSR count). The van der Waals surface area contributed by atoms with Gasteiger partial charge in [-0.05, 0) is 48.2 Å². The second-order valence-corrected chi connectivity index (χ2v) is 8.29. The van der Waals surface area contributed by atoms with Gasteiger partial charge in [-0.15, -0.1) is 0 Å². The van der Waals surface area contributed by atoms with Crippen LogP contribution in [0.5, 0.6) is 5.75 Å². The van der Waals surface area contributed by atoms with Gasteiger partial charge in [0.25, 0.3) is 10.1 Å². The van der Waals surface area contributed by atoms with Gasteiger partial charge in [-0.2, -0.15) is 8.42 Å². The van der Waals surface area contributed by atoms with Crippen molar-refractivity contribution in [2.45, 2.75) is 43.4 Å². The first-order chi connectivity index (χ1) is 13.8. The Kier molecular flexibility index (Phi) is 8.60. The summed E-state index contributed by atoms with van der Waals surface area (Å²) in [6, 6.07) is 13.5. The maximum atomic E-state index is 11.3. The van der Waals surface area contributed by atoms with Crippen molar-refractivity contribution in [2.75, 3.05) is 20.3 Å². The molecule has 0 spiro atoms. The van der Waals surface area contributed by atoms with Crippen molar-refractivity contribution in [3.63, 3.8) is 0 Å². The zero-order valence-corrected chi connectivity index (χ0v) is 17.5. The Hall–Kier alpha value is -1.97. The van der Waals surface area contributed by atoms with Gasteiger partial charge in [0.05, 0.1) is 12.0 Å². The molecule has 0 bridgehead atoms. The lowest BCUT2D eigenvalue weighted by Crippen LogP contribution is -2.40. The standard InChI is InChI=1S/C21H29NO6S/c1-3-20(17-7-11-19(12-8-17)29(25,26)27)21(24)22(13-4-14-23)15-16-5-9-18(28-2)10-6-16/h5-12,20-21,23-24H,3-4,13-15H2,1-2H3,(H,25,26,27)/t20?,21-/m0/s1. The Bertz CT molecular complexity index is 852. The van der Waals surface area contributed by atoms with Crippen molar-refractivity contribution in [1.82, 2.24) is 4.90 Å². The molecule has 1 unspecified atom stereocenters. The van der Waals surface area contributed by atoms with E-state index in [1.54, 1.807) is 19.2 Å². The molecule has 2 aromatic carbocycles. The molecule has 29 heavy (non-hydrogen) atoms. The molecular weight excluding hydrogens is 394 g/mol. The minimum atomic E-state index is -4.26. The van der Waals surface area contributed by atoms with Crippen molar-refractivity contribution in [2.24, 2.45) is 0 Å². The van der Waals surface area contributed by atoms with Crippen molar-refractivity contribution in [3.8, 4) is 5.75 Å². The number of ether oxygens (including phenoxy) is 1. The molecular formula is C21H29NO6S. The summed E-state index contributed by atoms with van der Waals surface area (Å²) in [6.07, 6.45) is 0.320. The van der Waals surface area contributed by atoms with Crippen LogP contribution in [-0.4, -0.2) is 54.6 Å². The Morgan fingerprint density at radius 2 is 1.69 bits per heavy atom. The van der Waals surface area contributed by atoms with E-state index in [1.807, 2.05) is 36.1 Å². The first kappa shape index (κ1) is 23.3. The fourth-order valence-electron chi connectivity index (χ4n) is 3.30. The molecule has 0 aliphatic rings. The first-order valence-corrected chi connectivity index (χ1v) is 11.0. The summed E-state index contributed by atoms with van der Waals surface area (Å²) < 4.78 is 36.8. The third kappa shape index (κ3) is 6.52. The molecule has 0 saturated heterocycles. The van der Waals surface area contributed by atoms with Gasteiger partial charge in [0.1, 0.15) is 12.0 Å². The van der Waals surface area contributed by atoms with Gasteiger partial charge in [0.15, 0.2) is 0 Å². The molecule has 0 amide bonds. The number of aliphatic hydroxyl groups excluding tert-OH is 2. The van der Waals surface area contributed by atoms with Crippen LogP contribution < -0.4 is 4.74 Å². The van der Waals surface area contributed by atoms with E-state index < -0.39 is 16.3 Å². The molecule has 2 atom stereocenters. The topological polar surface area (TPSA) is 107 Å². The summed E-state index contributed by atoms with van der Waals surface area (Å²) in [6.45, 7) is 2.96. The number of aliphatic hydroxyl groups is 2. The van der Waals surface area contributed by atoms with Crippen molar-refractivity contribution in [3.05, 3.63) is 59.7 Å². The molecule has 0 saturated carbocycles. The molecule has 7 nitrogen and oxygen atoms in total. The maximum absolute atomic E-state index is 11.3. The van der Waals surface area contributed by atoms with Crippen molar-refractivity contribution in [1.29, 1.82) is 0 Å². The average Bonchev–Trinajstić information content (AvgIpc) is 2.71. The van der Waals surface area contributed by atoms with Gasteiger partial charge in [-0.3, -0.25) is 9.45 Å². The number of methoxy groups -OCH3 is 1. The Morgan fingerprint density at radius 1 is 1.07 bits per heavy atom. The third-order valence-electron chi connectivity index (χ3n) is 4.93. The maximum Gasteiger partial charge on any atom is 0.294 e. The predicted molar refractivity (Wildman–Crippen MR) is 110 cm³/mol. The lowest BCUT2D eigenvalue weighted by Gasteiger charge is -2.33. The molecule has 0 aliphatic heterocycles. The SMILES string of the molecule is CCC(c1ccc(S(=O)(=O)O)cc1)[C@H](O)N(CCCO)Cc1ccc(OC)cc1. The van der Waals surface area contributed by atoms with Crippen LogP contribution >= 0.6 is 0 Å². The number of hydrogen-bond donors (Lipinski definition) is 3. The molecule has 0 radical (unpaired) electrons. The highest BCUT2D eigenvalue weighted by molar-refractivity contribution is 7.85. The summed E-state index contributed by atoms with van der Waals surface area (Å²) in [5.74, 6) is 0.490. The normalized spacial score (nSPS) is 14.0. The van der Waals surface area contributed by atoms with Crippen LogP contribution in [-0.2, 0) is 16.7 Å². The lowest BCUT2D eigenvalue weighted by molar-refractivity contribution is -0.0262. The fraction of sp³-hybridized carbons (Fsp3) is 0.429. The molecule has 0 heterocycles. The summed E-state index contributed by atoms with van der Waals surface area (Å²) in [7, 11) is -2.66. The van der Waals surface area contributed by atoms with E-state index in [2.05, 4.69) is 0 Å². The van der Waals surface area contributed by atoms with E-state index in [-0.39, 0.29) is 17.4 Å². The average molecular weight is 424 g/mol. The molecule has 0 aromatic heterocycles. The number of benzene rings is 2. The van der Waals surface area contributed by atoms with Gasteiger partial charge < -0.3 is 14.9 Å². The number of rotatable bonds is 11. The van der Waals surface area contributed by atoms with Crippen LogP contribution in [0.2, 0.25) is 0 Å². The van der Waals surface area contributed by atoms with Gasteiger partial charge in [-0.25, -0.2) is 0 Å².